The van der Waals surface area contributed by atoms with E-state index in [1.54, 1.807) is 12.1 Å². The fourth-order valence-corrected chi connectivity index (χ4v) is 5.21. The second kappa shape index (κ2) is 10.0. The molecular formula is C31H28FN5O. The standard InChI is InChI=1S/C31H28FN5O/c1-22-27-21-36(31(38)33-19-18-23-9-4-2-5-10-23)29(24-14-16-25(32)17-15-24)28-13-8-20-35(28)30(27)37(34-22)26-11-6-3-7-12-26/h2-17,20,29H,18-19,21H2,1H3,(H,33,38). The molecule has 5 aromatic rings. The van der Waals surface area contributed by atoms with Gasteiger partial charge in [0.05, 0.1) is 29.7 Å². The second-order valence-electron chi connectivity index (χ2n) is 9.49. The largest absolute Gasteiger partial charge is 0.338 e. The van der Waals surface area contributed by atoms with E-state index in [1.807, 2.05) is 83.4 Å². The van der Waals surface area contributed by atoms with Crippen LogP contribution in [0.15, 0.2) is 103 Å². The zero-order valence-corrected chi connectivity index (χ0v) is 21.1. The number of hydrogen-bond donors (Lipinski definition) is 1. The summed E-state index contributed by atoms with van der Waals surface area (Å²) in [6, 6.07) is 29.9. The molecule has 6 nitrogen and oxygen atoms in total. The maximum absolute atomic E-state index is 13.9. The van der Waals surface area contributed by atoms with E-state index in [2.05, 4.69) is 22.0 Å². The highest BCUT2D eigenvalue weighted by molar-refractivity contribution is 5.76. The normalized spacial score (nSPS) is 14.5. The van der Waals surface area contributed by atoms with Gasteiger partial charge in [0, 0.05) is 18.3 Å². The molecule has 0 saturated carbocycles. The Bertz CT molecular complexity index is 1560. The summed E-state index contributed by atoms with van der Waals surface area (Å²) >= 11 is 0. The molecular weight excluding hydrogens is 477 g/mol. The van der Waals surface area contributed by atoms with E-state index in [9.17, 15) is 9.18 Å². The molecule has 3 heterocycles. The number of halogens is 1. The van der Waals surface area contributed by atoms with Gasteiger partial charge in [-0.3, -0.25) is 0 Å². The van der Waals surface area contributed by atoms with Crippen molar-refractivity contribution in [1.29, 1.82) is 0 Å². The van der Waals surface area contributed by atoms with E-state index in [0.29, 0.717) is 13.1 Å². The maximum atomic E-state index is 13.9. The summed E-state index contributed by atoms with van der Waals surface area (Å²) in [5.41, 5.74) is 5.67. The number of hydrogen-bond acceptors (Lipinski definition) is 2. The highest BCUT2D eigenvalue weighted by Crippen LogP contribution is 2.38. The van der Waals surface area contributed by atoms with Gasteiger partial charge in [0.15, 0.2) is 0 Å². The van der Waals surface area contributed by atoms with Crippen LogP contribution >= 0.6 is 0 Å². The average Bonchev–Trinajstić information content (AvgIpc) is 3.51. The lowest BCUT2D eigenvalue weighted by Gasteiger charge is -2.31. The summed E-state index contributed by atoms with van der Waals surface area (Å²) < 4.78 is 17.9. The average molecular weight is 506 g/mol. The second-order valence-corrected chi connectivity index (χ2v) is 9.49. The lowest BCUT2D eigenvalue weighted by molar-refractivity contribution is 0.180. The summed E-state index contributed by atoms with van der Waals surface area (Å²) in [7, 11) is 0. The summed E-state index contributed by atoms with van der Waals surface area (Å²) in [5.74, 6) is 0.593. The van der Waals surface area contributed by atoms with Gasteiger partial charge in [-0.25, -0.2) is 13.9 Å². The number of rotatable bonds is 5. The zero-order valence-electron chi connectivity index (χ0n) is 21.1. The third-order valence-corrected chi connectivity index (χ3v) is 7.07. The molecule has 0 radical (unpaired) electrons. The van der Waals surface area contributed by atoms with E-state index in [4.69, 9.17) is 5.10 Å². The molecule has 7 heteroatoms. The molecule has 0 aliphatic carbocycles. The van der Waals surface area contributed by atoms with Gasteiger partial charge in [-0.2, -0.15) is 5.10 Å². The van der Waals surface area contributed by atoms with Crippen LogP contribution in [0, 0.1) is 12.7 Å². The lowest BCUT2D eigenvalue weighted by Crippen LogP contribution is -2.42. The first-order chi connectivity index (χ1) is 18.6. The number of fused-ring (bicyclic) bond motifs is 3. The van der Waals surface area contributed by atoms with Crippen LogP contribution in [0.5, 0.6) is 0 Å². The molecule has 1 unspecified atom stereocenters. The van der Waals surface area contributed by atoms with Crippen LogP contribution in [0.3, 0.4) is 0 Å². The van der Waals surface area contributed by atoms with Crippen LogP contribution < -0.4 is 5.32 Å². The molecule has 1 aliphatic heterocycles. The Morgan fingerprint density at radius 3 is 2.39 bits per heavy atom. The first-order valence-electron chi connectivity index (χ1n) is 12.8. The Labute approximate surface area is 221 Å². The smallest absolute Gasteiger partial charge is 0.318 e. The number of aryl methyl sites for hydroxylation is 1. The van der Waals surface area contributed by atoms with Gasteiger partial charge in [-0.15, -0.1) is 0 Å². The third-order valence-electron chi connectivity index (χ3n) is 7.07. The Balaban J connectivity index is 1.43. The summed E-state index contributed by atoms with van der Waals surface area (Å²) in [5, 5.41) is 8.00. The summed E-state index contributed by atoms with van der Waals surface area (Å²) in [6.45, 7) is 2.84. The van der Waals surface area contributed by atoms with Crippen molar-refractivity contribution < 1.29 is 9.18 Å². The number of nitrogens with zero attached hydrogens (tertiary/aromatic N) is 4. The number of amides is 2. The highest BCUT2D eigenvalue weighted by atomic mass is 19.1. The van der Waals surface area contributed by atoms with Gasteiger partial charge in [0.1, 0.15) is 11.6 Å². The quantitative estimate of drug-likeness (QED) is 0.320. The highest BCUT2D eigenvalue weighted by Gasteiger charge is 2.35. The van der Waals surface area contributed by atoms with Gasteiger partial charge < -0.3 is 14.8 Å². The Morgan fingerprint density at radius 1 is 0.947 bits per heavy atom. The molecule has 2 aromatic heterocycles. The monoisotopic (exact) mass is 505 g/mol. The van der Waals surface area contributed by atoms with Gasteiger partial charge in [-0.1, -0.05) is 60.7 Å². The van der Waals surface area contributed by atoms with Crippen molar-refractivity contribution in [1.82, 2.24) is 24.6 Å². The number of urea groups is 1. The number of carbonyl (C=O) groups excluding carboxylic acids is 1. The minimum Gasteiger partial charge on any atom is -0.338 e. The molecule has 0 bridgehead atoms. The van der Waals surface area contributed by atoms with Crippen molar-refractivity contribution in [3.63, 3.8) is 0 Å². The van der Waals surface area contributed by atoms with Crippen LogP contribution in [-0.4, -0.2) is 31.8 Å². The number of benzene rings is 3. The SMILES string of the molecule is Cc1nn(-c2ccccc2)c2c1CN(C(=O)NCCc1ccccc1)C(c1ccc(F)cc1)c1cccn1-2. The Hall–Kier alpha value is -4.65. The topological polar surface area (TPSA) is 55.1 Å². The molecule has 190 valence electrons. The minimum atomic E-state index is -0.418. The maximum Gasteiger partial charge on any atom is 0.318 e. The van der Waals surface area contributed by atoms with Crippen LogP contribution in [0.2, 0.25) is 0 Å². The van der Waals surface area contributed by atoms with E-state index < -0.39 is 6.04 Å². The molecule has 1 atom stereocenters. The molecule has 0 spiro atoms. The minimum absolute atomic E-state index is 0.178. The molecule has 38 heavy (non-hydrogen) atoms. The van der Waals surface area contributed by atoms with Gasteiger partial charge in [0.25, 0.3) is 0 Å². The predicted molar refractivity (Wildman–Crippen MR) is 145 cm³/mol. The van der Waals surface area contributed by atoms with Crippen molar-refractivity contribution >= 4 is 6.03 Å². The van der Waals surface area contributed by atoms with Crippen molar-refractivity contribution in [3.8, 4) is 11.5 Å². The van der Waals surface area contributed by atoms with E-state index in [0.717, 1.165) is 46.0 Å². The first-order valence-corrected chi connectivity index (χ1v) is 12.8. The van der Waals surface area contributed by atoms with E-state index >= 15 is 0 Å². The van der Waals surface area contributed by atoms with Gasteiger partial charge in [-0.05, 0) is 60.9 Å². The molecule has 0 fully saturated rings. The zero-order chi connectivity index (χ0) is 26.1. The van der Waals surface area contributed by atoms with Crippen molar-refractivity contribution in [2.24, 2.45) is 0 Å². The van der Waals surface area contributed by atoms with Gasteiger partial charge >= 0.3 is 6.03 Å². The molecule has 2 amide bonds. The van der Waals surface area contributed by atoms with Crippen LogP contribution in [0.1, 0.15) is 34.1 Å². The Morgan fingerprint density at radius 2 is 1.66 bits per heavy atom. The molecule has 0 saturated heterocycles. The molecule has 6 rings (SSSR count). The third kappa shape index (κ3) is 4.36. The predicted octanol–water partition coefficient (Wildman–Crippen LogP) is 5.97. The number of nitrogens with one attached hydrogen (secondary N) is 1. The molecule has 1 N–H and O–H groups in total. The van der Waals surface area contributed by atoms with Crippen LogP contribution in [0.25, 0.3) is 11.5 Å². The summed E-state index contributed by atoms with van der Waals surface area (Å²) in [4.78, 5) is 15.7. The number of carbonyl (C=O) groups is 1. The van der Waals surface area contributed by atoms with Crippen molar-refractivity contribution in [2.75, 3.05) is 6.54 Å². The summed E-state index contributed by atoms with van der Waals surface area (Å²) in [6.07, 6.45) is 2.73. The van der Waals surface area contributed by atoms with Gasteiger partial charge in [0.2, 0.25) is 0 Å². The van der Waals surface area contributed by atoms with Crippen molar-refractivity contribution in [3.05, 3.63) is 137 Å². The lowest BCUT2D eigenvalue weighted by atomic mass is 10.0. The Kier molecular flexibility index (Phi) is 6.25. The van der Waals surface area contributed by atoms with E-state index in [1.165, 1.54) is 12.1 Å². The number of aromatic nitrogens is 3. The van der Waals surface area contributed by atoms with Crippen molar-refractivity contribution in [2.45, 2.75) is 25.9 Å². The fraction of sp³-hybridized carbons (Fsp3) is 0.161. The fourth-order valence-electron chi connectivity index (χ4n) is 5.21. The first kappa shape index (κ1) is 23.7. The molecule has 1 aliphatic rings. The molecule has 3 aromatic carbocycles. The van der Waals surface area contributed by atoms with E-state index in [-0.39, 0.29) is 11.8 Å². The van der Waals surface area contributed by atoms with Crippen LogP contribution in [-0.2, 0) is 13.0 Å². The van der Waals surface area contributed by atoms with Crippen LogP contribution in [0.4, 0.5) is 9.18 Å². The number of para-hydroxylation sites is 1.